The van der Waals surface area contributed by atoms with E-state index in [1.165, 1.54) is 18.2 Å². The van der Waals surface area contributed by atoms with Crippen LogP contribution in [0.2, 0.25) is 5.02 Å². The number of nitrogens with zero attached hydrogens (tertiary/aromatic N) is 2. The van der Waals surface area contributed by atoms with Gasteiger partial charge < -0.3 is 5.32 Å². The Morgan fingerprint density at radius 2 is 1.88 bits per heavy atom. The van der Waals surface area contributed by atoms with E-state index < -0.39 is 11.8 Å². The summed E-state index contributed by atoms with van der Waals surface area (Å²) in [5.41, 5.74) is 0.392. The van der Waals surface area contributed by atoms with E-state index in [0.717, 1.165) is 12.4 Å². The van der Waals surface area contributed by atoms with Crippen LogP contribution < -0.4 is 5.32 Å². The van der Waals surface area contributed by atoms with Crippen LogP contribution in [0.1, 0.15) is 0 Å². The zero-order valence-electron chi connectivity index (χ0n) is 7.92. The van der Waals surface area contributed by atoms with Gasteiger partial charge in [-0.15, -0.1) is 0 Å². The van der Waals surface area contributed by atoms with Crippen molar-refractivity contribution in [3.8, 4) is 0 Å². The predicted octanol–water partition coefficient (Wildman–Crippen LogP) is 3.15. The molecule has 1 aromatic carbocycles. The molecule has 0 unspecified atom stereocenters. The van der Waals surface area contributed by atoms with Crippen molar-refractivity contribution < 1.29 is 8.78 Å². The summed E-state index contributed by atoms with van der Waals surface area (Å²) in [6, 6.07) is 5.00. The highest BCUT2D eigenvalue weighted by Gasteiger charge is 2.01. The molecule has 0 saturated heterocycles. The maximum Gasteiger partial charge on any atom is 0.218 e. The van der Waals surface area contributed by atoms with Gasteiger partial charge in [-0.2, -0.15) is 4.39 Å². The zero-order chi connectivity index (χ0) is 11.5. The zero-order valence-corrected chi connectivity index (χ0v) is 8.67. The molecule has 1 N–H and O–H groups in total. The molecule has 82 valence electrons. The van der Waals surface area contributed by atoms with Crippen LogP contribution in [0.25, 0.3) is 0 Å². The third-order valence-corrected chi connectivity index (χ3v) is 1.99. The van der Waals surface area contributed by atoms with E-state index in [0.29, 0.717) is 5.69 Å². The average Bonchev–Trinajstić information content (AvgIpc) is 2.15. The summed E-state index contributed by atoms with van der Waals surface area (Å²) in [7, 11) is 0. The van der Waals surface area contributed by atoms with E-state index >= 15 is 0 Å². The summed E-state index contributed by atoms with van der Waals surface area (Å²) in [6.45, 7) is 0. The number of aromatic nitrogens is 2. The van der Waals surface area contributed by atoms with Crippen molar-refractivity contribution in [2.24, 2.45) is 0 Å². The maximum atomic E-state index is 13.0. The van der Waals surface area contributed by atoms with Crippen molar-refractivity contribution in [2.75, 3.05) is 5.32 Å². The lowest BCUT2D eigenvalue weighted by molar-refractivity contribution is 0.580. The second-order valence-electron chi connectivity index (χ2n) is 3.01. The Balaban J connectivity index is 2.27. The quantitative estimate of drug-likeness (QED) is 0.821. The second kappa shape index (κ2) is 4.40. The third-order valence-electron chi connectivity index (χ3n) is 1.77. The van der Waals surface area contributed by atoms with Gasteiger partial charge in [-0.05, 0) is 18.2 Å². The molecule has 0 amide bonds. The SMILES string of the molecule is Fc1cc(Cl)cc(Nc2cc(F)ncn2)c1. The predicted molar refractivity (Wildman–Crippen MR) is 56.7 cm³/mol. The molecule has 16 heavy (non-hydrogen) atoms. The number of benzene rings is 1. The molecule has 2 aromatic rings. The minimum Gasteiger partial charge on any atom is -0.340 e. The van der Waals surface area contributed by atoms with E-state index in [-0.39, 0.29) is 10.8 Å². The van der Waals surface area contributed by atoms with Crippen molar-refractivity contribution in [3.63, 3.8) is 0 Å². The van der Waals surface area contributed by atoms with Crippen molar-refractivity contribution in [2.45, 2.75) is 0 Å². The minimum absolute atomic E-state index is 0.231. The molecule has 6 heteroatoms. The Bertz CT molecular complexity index is 499. The van der Waals surface area contributed by atoms with Crippen LogP contribution in [0.15, 0.2) is 30.6 Å². The Kier molecular flexibility index (Phi) is 2.96. The molecule has 1 heterocycles. The van der Waals surface area contributed by atoms with Gasteiger partial charge in [0, 0.05) is 16.8 Å². The molecule has 0 radical (unpaired) electrons. The van der Waals surface area contributed by atoms with Crippen LogP contribution in [0.5, 0.6) is 0 Å². The van der Waals surface area contributed by atoms with Gasteiger partial charge in [-0.1, -0.05) is 11.6 Å². The lowest BCUT2D eigenvalue weighted by atomic mass is 10.3. The van der Waals surface area contributed by atoms with Gasteiger partial charge in [0.2, 0.25) is 5.95 Å². The van der Waals surface area contributed by atoms with E-state index in [1.807, 2.05) is 0 Å². The monoisotopic (exact) mass is 241 g/mol. The number of hydrogen-bond donors (Lipinski definition) is 1. The van der Waals surface area contributed by atoms with Crippen LogP contribution in [0.3, 0.4) is 0 Å². The van der Waals surface area contributed by atoms with Gasteiger partial charge in [0.1, 0.15) is 18.0 Å². The van der Waals surface area contributed by atoms with Crippen molar-refractivity contribution in [1.29, 1.82) is 0 Å². The summed E-state index contributed by atoms with van der Waals surface area (Å²) < 4.78 is 25.7. The fourth-order valence-corrected chi connectivity index (χ4v) is 1.40. The Morgan fingerprint density at radius 1 is 1.06 bits per heavy atom. The number of nitrogens with one attached hydrogen (secondary N) is 1. The van der Waals surface area contributed by atoms with E-state index in [2.05, 4.69) is 15.3 Å². The van der Waals surface area contributed by atoms with E-state index in [9.17, 15) is 8.78 Å². The van der Waals surface area contributed by atoms with E-state index in [4.69, 9.17) is 11.6 Å². The summed E-state index contributed by atoms with van der Waals surface area (Å²) in [5.74, 6) is -0.918. The molecule has 3 nitrogen and oxygen atoms in total. The van der Waals surface area contributed by atoms with Crippen LogP contribution in [0.4, 0.5) is 20.3 Å². The molecule has 1 aromatic heterocycles. The molecular weight excluding hydrogens is 236 g/mol. The van der Waals surface area contributed by atoms with Gasteiger partial charge in [-0.25, -0.2) is 14.4 Å². The second-order valence-corrected chi connectivity index (χ2v) is 3.45. The first-order valence-corrected chi connectivity index (χ1v) is 4.72. The molecular formula is C10H6ClF2N3. The first kappa shape index (κ1) is 10.8. The van der Waals surface area contributed by atoms with Crippen LogP contribution >= 0.6 is 11.6 Å². The van der Waals surface area contributed by atoms with Gasteiger partial charge in [-0.3, -0.25) is 0 Å². The average molecular weight is 242 g/mol. The van der Waals surface area contributed by atoms with Crippen LogP contribution in [-0.4, -0.2) is 9.97 Å². The highest BCUT2D eigenvalue weighted by molar-refractivity contribution is 6.30. The number of hydrogen-bond acceptors (Lipinski definition) is 3. The normalized spacial score (nSPS) is 10.2. The third kappa shape index (κ3) is 2.64. The molecule has 0 aliphatic carbocycles. The first-order chi connectivity index (χ1) is 7.63. The maximum absolute atomic E-state index is 13.0. The smallest absolute Gasteiger partial charge is 0.218 e. The number of rotatable bonds is 2. The fourth-order valence-electron chi connectivity index (χ4n) is 1.18. The Hall–Kier alpha value is -1.75. The van der Waals surface area contributed by atoms with Gasteiger partial charge >= 0.3 is 0 Å². The standard InChI is InChI=1S/C10H6ClF2N3/c11-6-1-7(12)3-8(2-6)16-10-4-9(13)14-5-15-10/h1-5H,(H,14,15,16). The molecule has 0 saturated carbocycles. The van der Waals surface area contributed by atoms with Crippen molar-refractivity contribution >= 4 is 23.1 Å². The Labute approximate surface area is 95.1 Å². The molecule has 0 aliphatic heterocycles. The molecule has 0 atom stereocenters. The molecule has 0 fully saturated rings. The summed E-state index contributed by atoms with van der Waals surface area (Å²) in [4.78, 5) is 7.07. The minimum atomic E-state index is -0.667. The number of anilines is 2. The van der Waals surface area contributed by atoms with Crippen LogP contribution in [0, 0.1) is 11.8 Å². The number of halogens is 3. The van der Waals surface area contributed by atoms with Gasteiger partial charge in [0.25, 0.3) is 0 Å². The lowest BCUT2D eigenvalue weighted by Crippen LogP contribution is -1.96. The molecule has 2 rings (SSSR count). The van der Waals surface area contributed by atoms with E-state index in [1.54, 1.807) is 0 Å². The first-order valence-electron chi connectivity index (χ1n) is 4.34. The topological polar surface area (TPSA) is 37.8 Å². The Morgan fingerprint density at radius 3 is 2.56 bits per heavy atom. The largest absolute Gasteiger partial charge is 0.340 e. The van der Waals surface area contributed by atoms with Gasteiger partial charge in [0.15, 0.2) is 0 Å². The fraction of sp³-hybridized carbons (Fsp3) is 0. The highest BCUT2D eigenvalue weighted by Crippen LogP contribution is 2.20. The summed E-state index contributed by atoms with van der Waals surface area (Å²) in [5, 5.41) is 2.96. The lowest BCUT2D eigenvalue weighted by Gasteiger charge is -2.05. The highest BCUT2D eigenvalue weighted by atomic mass is 35.5. The molecule has 0 aliphatic rings. The molecule has 0 bridgehead atoms. The summed E-state index contributed by atoms with van der Waals surface area (Å²) >= 11 is 5.66. The summed E-state index contributed by atoms with van der Waals surface area (Å²) in [6.07, 6.45) is 1.07. The van der Waals surface area contributed by atoms with Crippen LogP contribution in [-0.2, 0) is 0 Å². The van der Waals surface area contributed by atoms with Gasteiger partial charge in [0.05, 0.1) is 0 Å². The van der Waals surface area contributed by atoms with Crippen molar-refractivity contribution in [3.05, 3.63) is 47.4 Å². The molecule has 0 spiro atoms. The van der Waals surface area contributed by atoms with Crippen molar-refractivity contribution in [1.82, 2.24) is 9.97 Å².